The van der Waals surface area contributed by atoms with E-state index < -0.39 is 0 Å². The lowest BCUT2D eigenvalue weighted by atomic mass is 10.4. The minimum absolute atomic E-state index is 0.285. The van der Waals surface area contributed by atoms with E-state index in [2.05, 4.69) is 9.97 Å². The quantitative estimate of drug-likeness (QED) is 0.697. The summed E-state index contributed by atoms with van der Waals surface area (Å²) in [7, 11) is 0. The highest BCUT2D eigenvalue weighted by atomic mass is 32.2. The first-order chi connectivity index (χ1) is 6.84. The Morgan fingerprint density at radius 1 is 1.57 bits per heavy atom. The highest BCUT2D eigenvalue weighted by Crippen LogP contribution is 2.27. The third kappa shape index (κ3) is 1.13. The lowest BCUT2D eigenvalue weighted by molar-refractivity contribution is 0.171. The molecular formula is C9H9N3OS. The van der Waals surface area contributed by atoms with Crippen molar-refractivity contribution in [2.45, 2.75) is 17.8 Å². The molecule has 0 aliphatic carbocycles. The van der Waals surface area contributed by atoms with Gasteiger partial charge in [-0.2, -0.15) is 0 Å². The summed E-state index contributed by atoms with van der Waals surface area (Å²) in [6.07, 6.45) is 1.47. The molecule has 1 aliphatic rings. The van der Waals surface area contributed by atoms with Crippen molar-refractivity contribution in [3.05, 3.63) is 18.3 Å². The predicted octanol–water partition coefficient (Wildman–Crippen LogP) is 0.898. The zero-order valence-corrected chi connectivity index (χ0v) is 8.24. The van der Waals surface area contributed by atoms with Crippen LogP contribution in [0.15, 0.2) is 23.5 Å². The lowest BCUT2D eigenvalue weighted by Crippen LogP contribution is -2.23. The molecule has 0 aromatic carbocycles. The Morgan fingerprint density at radius 3 is 3.43 bits per heavy atom. The number of aliphatic hydroxyl groups is 1. The summed E-state index contributed by atoms with van der Waals surface area (Å²) in [5, 5.41) is 10.5. The van der Waals surface area contributed by atoms with Crippen LogP contribution in [0, 0.1) is 0 Å². The van der Waals surface area contributed by atoms with Crippen molar-refractivity contribution in [2.24, 2.45) is 0 Å². The van der Waals surface area contributed by atoms with E-state index in [1.807, 2.05) is 16.7 Å². The second kappa shape index (κ2) is 2.96. The summed E-state index contributed by atoms with van der Waals surface area (Å²) in [4.78, 5) is 8.70. The van der Waals surface area contributed by atoms with Crippen LogP contribution in [0.25, 0.3) is 11.2 Å². The maximum absolute atomic E-state index is 9.54. The van der Waals surface area contributed by atoms with Gasteiger partial charge in [0.25, 0.3) is 0 Å². The molecule has 0 radical (unpaired) electrons. The van der Waals surface area contributed by atoms with Gasteiger partial charge in [-0.05, 0) is 12.1 Å². The molecule has 1 unspecified atom stereocenters. The second-order valence-corrected chi connectivity index (χ2v) is 4.30. The summed E-state index contributed by atoms with van der Waals surface area (Å²) in [6.45, 7) is 0.607. The van der Waals surface area contributed by atoms with E-state index in [9.17, 15) is 5.11 Å². The van der Waals surface area contributed by atoms with E-state index >= 15 is 0 Å². The molecular weight excluding hydrogens is 198 g/mol. The average molecular weight is 207 g/mol. The number of hydrogen-bond donors (Lipinski definition) is 1. The number of aliphatic hydroxyl groups excluding tert-OH is 1. The van der Waals surface area contributed by atoms with Gasteiger partial charge in [-0.25, -0.2) is 9.97 Å². The van der Waals surface area contributed by atoms with E-state index in [4.69, 9.17) is 0 Å². The van der Waals surface area contributed by atoms with Gasteiger partial charge in [-0.15, -0.1) is 0 Å². The molecule has 2 aromatic heterocycles. The van der Waals surface area contributed by atoms with Crippen molar-refractivity contribution >= 4 is 22.9 Å². The third-order valence-corrected chi connectivity index (χ3v) is 3.39. The fourth-order valence-electron chi connectivity index (χ4n) is 1.65. The Balaban J connectivity index is 2.25. The number of rotatable bonds is 0. The summed E-state index contributed by atoms with van der Waals surface area (Å²) in [6, 6.07) is 3.82. The zero-order chi connectivity index (χ0) is 9.54. The standard InChI is InChI=1S/C9H9N3OS/c13-6-4-12-8-7(2-1-3-10-8)11-9(12)14-5-6/h1-3,6,13H,4-5H2. The van der Waals surface area contributed by atoms with Crippen LogP contribution in [0.2, 0.25) is 0 Å². The van der Waals surface area contributed by atoms with Gasteiger partial charge >= 0.3 is 0 Å². The van der Waals surface area contributed by atoms with E-state index in [1.54, 1.807) is 18.0 Å². The molecule has 0 saturated carbocycles. The van der Waals surface area contributed by atoms with Crippen LogP contribution in [0.3, 0.4) is 0 Å². The molecule has 14 heavy (non-hydrogen) atoms. The van der Waals surface area contributed by atoms with Gasteiger partial charge in [0.05, 0.1) is 12.6 Å². The topological polar surface area (TPSA) is 50.9 Å². The smallest absolute Gasteiger partial charge is 0.170 e. The fraction of sp³-hybridized carbons (Fsp3) is 0.333. The number of fused-ring (bicyclic) bond motifs is 3. The molecule has 0 fully saturated rings. The van der Waals surface area contributed by atoms with Gasteiger partial charge in [0.1, 0.15) is 5.52 Å². The maximum Gasteiger partial charge on any atom is 0.170 e. The Labute approximate surface area is 85.0 Å². The number of imidazole rings is 1. The molecule has 1 atom stereocenters. The zero-order valence-electron chi connectivity index (χ0n) is 7.42. The molecule has 0 bridgehead atoms. The minimum Gasteiger partial charge on any atom is -0.390 e. The van der Waals surface area contributed by atoms with Gasteiger partial charge in [-0.1, -0.05) is 11.8 Å². The normalized spacial score (nSPS) is 21.1. The first kappa shape index (κ1) is 8.26. The highest BCUT2D eigenvalue weighted by Gasteiger charge is 2.20. The third-order valence-electron chi connectivity index (χ3n) is 2.27. The number of pyridine rings is 1. The van der Waals surface area contributed by atoms with Crippen molar-refractivity contribution in [3.8, 4) is 0 Å². The molecule has 72 valence electrons. The van der Waals surface area contributed by atoms with Crippen molar-refractivity contribution in [1.29, 1.82) is 0 Å². The first-order valence-electron chi connectivity index (χ1n) is 4.47. The van der Waals surface area contributed by atoms with Gasteiger partial charge in [0.2, 0.25) is 0 Å². The lowest BCUT2D eigenvalue weighted by Gasteiger charge is -2.18. The largest absolute Gasteiger partial charge is 0.390 e. The van der Waals surface area contributed by atoms with Crippen LogP contribution in [0.1, 0.15) is 0 Å². The molecule has 4 nitrogen and oxygen atoms in total. The molecule has 2 aromatic rings. The van der Waals surface area contributed by atoms with E-state index in [1.165, 1.54) is 0 Å². The Morgan fingerprint density at radius 2 is 2.50 bits per heavy atom. The van der Waals surface area contributed by atoms with Crippen LogP contribution in [0.4, 0.5) is 0 Å². The van der Waals surface area contributed by atoms with Gasteiger partial charge in [-0.3, -0.25) is 0 Å². The average Bonchev–Trinajstić information content (AvgIpc) is 2.56. The summed E-state index contributed by atoms with van der Waals surface area (Å²) >= 11 is 1.58. The number of hydrogen-bond acceptors (Lipinski definition) is 4. The Hall–Kier alpha value is -1.07. The second-order valence-electron chi connectivity index (χ2n) is 3.32. The highest BCUT2D eigenvalue weighted by molar-refractivity contribution is 7.99. The van der Waals surface area contributed by atoms with Gasteiger partial charge < -0.3 is 9.67 Å². The maximum atomic E-state index is 9.54. The van der Waals surface area contributed by atoms with Crippen LogP contribution in [-0.2, 0) is 6.54 Å². The monoisotopic (exact) mass is 207 g/mol. The molecule has 3 heterocycles. The van der Waals surface area contributed by atoms with E-state index in [-0.39, 0.29) is 6.10 Å². The molecule has 1 N–H and O–H groups in total. The Kier molecular flexibility index (Phi) is 1.75. The first-order valence-corrected chi connectivity index (χ1v) is 5.45. The van der Waals surface area contributed by atoms with Crippen molar-refractivity contribution in [1.82, 2.24) is 14.5 Å². The molecule has 0 spiro atoms. The van der Waals surface area contributed by atoms with Crippen LogP contribution < -0.4 is 0 Å². The number of aromatic nitrogens is 3. The van der Waals surface area contributed by atoms with Crippen LogP contribution in [-0.4, -0.2) is 31.5 Å². The number of thioether (sulfide) groups is 1. The van der Waals surface area contributed by atoms with Crippen LogP contribution in [0.5, 0.6) is 0 Å². The fourth-order valence-corrected chi connectivity index (χ4v) is 2.57. The molecule has 5 heteroatoms. The summed E-state index contributed by atoms with van der Waals surface area (Å²) in [5.74, 6) is 0.726. The van der Waals surface area contributed by atoms with Crippen LogP contribution >= 0.6 is 11.8 Å². The van der Waals surface area contributed by atoms with Gasteiger partial charge in [0, 0.05) is 11.9 Å². The van der Waals surface area contributed by atoms with E-state index in [0.29, 0.717) is 6.54 Å². The Bertz CT molecular complexity index is 482. The number of nitrogens with zero attached hydrogens (tertiary/aromatic N) is 3. The van der Waals surface area contributed by atoms with Crippen molar-refractivity contribution in [2.75, 3.05) is 5.75 Å². The summed E-state index contributed by atoms with van der Waals surface area (Å²) in [5.41, 5.74) is 1.78. The molecule has 0 amide bonds. The summed E-state index contributed by atoms with van der Waals surface area (Å²) < 4.78 is 1.98. The van der Waals surface area contributed by atoms with E-state index in [0.717, 1.165) is 22.1 Å². The van der Waals surface area contributed by atoms with Crippen molar-refractivity contribution in [3.63, 3.8) is 0 Å². The SMILES string of the molecule is OC1CSc2nc3cccnc3n2C1. The predicted molar refractivity (Wildman–Crippen MR) is 54.3 cm³/mol. The molecule has 3 rings (SSSR count). The minimum atomic E-state index is -0.285. The molecule has 1 aliphatic heterocycles. The molecule has 0 saturated heterocycles. The van der Waals surface area contributed by atoms with Crippen molar-refractivity contribution < 1.29 is 5.11 Å². The van der Waals surface area contributed by atoms with Gasteiger partial charge in [0.15, 0.2) is 10.8 Å².